The van der Waals surface area contributed by atoms with Gasteiger partial charge in [0, 0.05) is 56.9 Å². The Morgan fingerprint density at radius 2 is 0.758 bits per heavy atom. The predicted octanol–water partition coefficient (Wildman–Crippen LogP) is 20.4. The Morgan fingerprint density at radius 1 is 0.400 bits per heavy atom. The highest BCUT2D eigenvalue weighted by molar-refractivity contribution is 14.1. The molecule has 6 N–H and O–H groups in total. The second-order valence-corrected chi connectivity index (χ2v) is 24.8. The number of halogens is 8. The minimum atomic E-state index is -0.300. The largest absolute Gasteiger partial charge is 0.397 e. The topological polar surface area (TPSA) is 206 Å². The molecule has 0 bridgehead atoms. The highest BCUT2D eigenvalue weighted by Crippen LogP contribution is 2.31. The van der Waals surface area contributed by atoms with Crippen molar-refractivity contribution in [3.63, 3.8) is 0 Å². The van der Waals surface area contributed by atoms with Gasteiger partial charge in [0.15, 0.2) is 0 Å². The molecule has 2 amide bonds. The SMILES string of the molecule is Cc1ccc(-c2ccccc2)c(Cl)n1.Cc1ccc(I)c(Cl)n1.Cc1ccc(N)c(Br)n1.Cc1ccc(N)cn1.Clc1nc(CBr)ccc1-c1ccccc1.NCc1ccc(-c2ccccc2)c(Cl)n1.O=C1c2ccccc2C(=O)N1Cc1ccc(-c2ccccc2)c(Cl)n1. The van der Waals surface area contributed by atoms with Gasteiger partial charge in [0.05, 0.1) is 55.9 Å². The number of benzene rings is 5. The van der Waals surface area contributed by atoms with Gasteiger partial charge in [0.2, 0.25) is 0 Å². The smallest absolute Gasteiger partial charge is 0.261 e. The zero-order valence-electron chi connectivity index (χ0n) is 51.8. The molecule has 5 aromatic carbocycles. The van der Waals surface area contributed by atoms with Crippen molar-refractivity contribution in [3.05, 3.63) is 322 Å². The van der Waals surface area contributed by atoms with Crippen LogP contribution in [0.15, 0.2) is 241 Å². The van der Waals surface area contributed by atoms with Crippen LogP contribution in [0.3, 0.4) is 0 Å². The Kier molecular flexibility index (Phi) is 29.7. The lowest BCUT2D eigenvalue weighted by Crippen LogP contribution is -2.29. The van der Waals surface area contributed by atoms with E-state index in [-0.39, 0.29) is 18.4 Å². The van der Waals surface area contributed by atoms with Crippen LogP contribution < -0.4 is 17.2 Å². The summed E-state index contributed by atoms with van der Waals surface area (Å²) in [4.78, 5) is 55.2. The van der Waals surface area contributed by atoms with Crippen LogP contribution in [0, 0.1) is 31.3 Å². The molecule has 0 saturated carbocycles. The number of aromatic nitrogens is 7. The number of nitrogens with zero attached hydrogens (tertiary/aromatic N) is 8. The number of pyridine rings is 7. The van der Waals surface area contributed by atoms with Crippen molar-refractivity contribution in [2.75, 3.05) is 11.5 Å². The van der Waals surface area contributed by atoms with E-state index >= 15 is 0 Å². The molecule has 0 aliphatic carbocycles. The number of imide groups is 1. The fourth-order valence-corrected chi connectivity index (χ4v) is 11.0. The van der Waals surface area contributed by atoms with Gasteiger partial charge in [0.25, 0.3) is 11.8 Å². The molecule has 482 valence electrons. The van der Waals surface area contributed by atoms with Crippen LogP contribution in [-0.2, 0) is 18.4 Å². The summed E-state index contributed by atoms with van der Waals surface area (Å²) >= 11 is 39.0. The zero-order chi connectivity index (χ0) is 68.4. The first-order valence-corrected chi connectivity index (χ1v) is 34.0. The first kappa shape index (κ1) is 74.4. The fourth-order valence-electron chi connectivity index (χ4n) is 8.62. The summed E-state index contributed by atoms with van der Waals surface area (Å²) in [6.45, 7) is 8.21. The number of nitrogens with two attached hydrogens (primary N) is 3. The Hall–Kier alpha value is -8.01. The number of amides is 2. The van der Waals surface area contributed by atoms with E-state index in [1.54, 1.807) is 36.5 Å². The minimum absolute atomic E-state index is 0.0983. The predicted molar refractivity (Wildman–Crippen MR) is 406 cm³/mol. The van der Waals surface area contributed by atoms with Crippen LogP contribution in [0.1, 0.15) is 60.6 Å². The first-order valence-electron chi connectivity index (χ1n) is 29.1. The molecule has 0 atom stereocenters. The van der Waals surface area contributed by atoms with E-state index in [2.05, 4.69) is 89.3 Å². The molecule has 0 fully saturated rings. The monoisotopic (exact) mass is 1600 g/mol. The highest BCUT2D eigenvalue weighted by atomic mass is 127. The van der Waals surface area contributed by atoms with E-state index in [1.165, 1.54) is 4.90 Å². The summed E-state index contributed by atoms with van der Waals surface area (Å²) in [6, 6.07) is 73.2. The molecule has 0 unspecified atom stereocenters. The fraction of sp³-hybridized carbons (Fsp3) is 0.0946. The first-order chi connectivity index (χ1) is 45.7. The minimum Gasteiger partial charge on any atom is -0.397 e. The summed E-state index contributed by atoms with van der Waals surface area (Å²) in [7, 11) is 0. The van der Waals surface area contributed by atoms with Crippen molar-refractivity contribution in [2.45, 2.75) is 46.1 Å². The maximum atomic E-state index is 12.4. The zero-order valence-corrected chi connectivity index (χ0v) is 60.9. The van der Waals surface area contributed by atoms with E-state index in [0.717, 1.165) is 97.9 Å². The number of aryl methyl sites for hydroxylation is 4. The molecule has 12 aromatic rings. The Balaban J connectivity index is 0.000000162. The average Bonchev–Trinajstić information content (AvgIpc) is 1.65. The molecular weight excluding hydrogens is 1540 g/mol. The molecule has 21 heteroatoms. The van der Waals surface area contributed by atoms with Gasteiger partial charge in [0.1, 0.15) is 30.4 Å². The molecule has 0 radical (unpaired) electrons. The third-order valence-corrected chi connectivity index (χ3v) is 17.3. The molecule has 0 saturated heterocycles. The molecule has 95 heavy (non-hydrogen) atoms. The summed E-state index contributed by atoms with van der Waals surface area (Å²) in [5.74, 6) is -0.601. The van der Waals surface area contributed by atoms with Crippen molar-refractivity contribution >= 4 is 136 Å². The number of rotatable bonds is 8. The van der Waals surface area contributed by atoms with Crippen molar-refractivity contribution in [3.8, 4) is 44.5 Å². The van der Waals surface area contributed by atoms with Crippen LogP contribution in [0.4, 0.5) is 11.4 Å². The van der Waals surface area contributed by atoms with Crippen molar-refractivity contribution in [1.29, 1.82) is 0 Å². The maximum absolute atomic E-state index is 12.4. The molecule has 0 spiro atoms. The quantitative estimate of drug-likeness (QED) is 0.0562. The molecule has 8 heterocycles. The standard InChI is InChI=1S/C20H13ClN2O2.C12H9BrClN.C12H11ClN2.C12H10ClN.C6H7BrN2.C6H5ClIN.C6H8N2/c21-18-15(13-6-2-1-3-7-13)11-10-14(22-18)12-23-19(24)16-8-4-5-9-17(16)20(23)25;13-8-10-6-7-11(12(14)15-10)9-4-2-1-3-5-9;13-12-11(7-6-10(8-14)15-12)9-4-2-1-3-5-9;1-9-7-8-11(12(13)14-9)10-5-3-2-4-6-10;2*1-4-2-3-5(8)6(7)9-4;1-5-2-3-6(7)4-8-5/h1-11H,12H2;1-7H,8H2;1-7H,8,14H2;2-8H,1H3;2-3H,8H2,1H3;2-3H,1H3;2-4H,7H2,1H3. The molecular formula is C74H63Br2Cl5IN11O2. The van der Waals surface area contributed by atoms with Gasteiger partial charge in [-0.05, 0) is 186 Å². The van der Waals surface area contributed by atoms with E-state index in [0.29, 0.717) is 54.8 Å². The summed E-state index contributed by atoms with van der Waals surface area (Å²) in [5, 5.41) is 3.29. The van der Waals surface area contributed by atoms with Gasteiger partial charge in [-0.25, -0.2) is 29.9 Å². The molecule has 1 aliphatic rings. The maximum Gasteiger partial charge on any atom is 0.261 e. The lowest BCUT2D eigenvalue weighted by molar-refractivity contribution is 0.0640. The average molecular weight is 1600 g/mol. The lowest BCUT2D eigenvalue weighted by atomic mass is 10.1. The van der Waals surface area contributed by atoms with Crippen LogP contribution >= 0.6 is 112 Å². The number of carbonyl (C=O) groups excluding carboxylic acids is 2. The van der Waals surface area contributed by atoms with Crippen molar-refractivity contribution in [1.82, 2.24) is 39.8 Å². The number of hydrogen-bond acceptors (Lipinski definition) is 12. The second kappa shape index (κ2) is 37.9. The number of fused-ring (bicyclic) bond motifs is 1. The van der Waals surface area contributed by atoms with Crippen LogP contribution in [0.2, 0.25) is 25.8 Å². The number of hydrogen-bond donors (Lipinski definition) is 3. The number of alkyl halides is 1. The van der Waals surface area contributed by atoms with Crippen molar-refractivity contribution in [2.24, 2.45) is 5.73 Å². The summed E-state index contributed by atoms with van der Waals surface area (Å²) in [5.41, 5.74) is 32.7. The lowest BCUT2D eigenvalue weighted by Gasteiger charge is -2.14. The third kappa shape index (κ3) is 22.8. The van der Waals surface area contributed by atoms with Gasteiger partial charge in [-0.15, -0.1) is 0 Å². The summed E-state index contributed by atoms with van der Waals surface area (Å²) < 4.78 is 1.72. The molecule has 7 aromatic heterocycles. The van der Waals surface area contributed by atoms with Gasteiger partial charge < -0.3 is 17.2 Å². The van der Waals surface area contributed by atoms with Crippen LogP contribution in [0.25, 0.3) is 44.5 Å². The Morgan fingerprint density at radius 3 is 1.13 bits per heavy atom. The van der Waals surface area contributed by atoms with Gasteiger partial charge in [-0.3, -0.25) is 19.5 Å². The van der Waals surface area contributed by atoms with Crippen LogP contribution in [0.5, 0.6) is 0 Å². The van der Waals surface area contributed by atoms with Gasteiger partial charge in [-0.1, -0.05) is 207 Å². The van der Waals surface area contributed by atoms with E-state index < -0.39 is 0 Å². The van der Waals surface area contributed by atoms with E-state index in [1.807, 2.05) is 228 Å². The highest BCUT2D eigenvalue weighted by Gasteiger charge is 2.35. The molecule has 13 rings (SSSR count). The van der Waals surface area contributed by atoms with Gasteiger partial charge >= 0.3 is 0 Å². The second-order valence-electron chi connectivity index (χ2n) is 20.5. The Labute approximate surface area is 609 Å². The third-order valence-electron chi connectivity index (χ3n) is 13.5. The van der Waals surface area contributed by atoms with Crippen molar-refractivity contribution < 1.29 is 9.59 Å². The van der Waals surface area contributed by atoms with E-state index in [4.69, 9.17) is 75.2 Å². The number of anilines is 2. The Bertz CT molecular complexity index is 4290. The normalized spacial score (nSPS) is 10.8. The summed E-state index contributed by atoms with van der Waals surface area (Å²) in [6.07, 6.45) is 1.65. The van der Waals surface area contributed by atoms with Gasteiger partial charge in [-0.2, -0.15) is 0 Å². The number of carbonyl (C=O) groups is 2. The van der Waals surface area contributed by atoms with Crippen LogP contribution in [-0.4, -0.2) is 51.6 Å². The molecule has 1 aliphatic heterocycles. The molecule has 13 nitrogen and oxygen atoms in total. The number of nitrogen functional groups attached to an aromatic ring is 2. The van der Waals surface area contributed by atoms with E-state index in [9.17, 15) is 9.59 Å².